The molecule has 3 nitrogen and oxygen atoms in total. The van der Waals surface area contributed by atoms with E-state index in [1.165, 1.54) is 12.1 Å². The summed E-state index contributed by atoms with van der Waals surface area (Å²) in [5.41, 5.74) is 1.86. The molecular formula is C19H18FNO2. The highest BCUT2D eigenvalue weighted by Crippen LogP contribution is 2.21. The van der Waals surface area contributed by atoms with Crippen molar-refractivity contribution in [3.63, 3.8) is 0 Å². The molecule has 1 aromatic heterocycles. The zero-order valence-electron chi connectivity index (χ0n) is 12.7. The monoisotopic (exact) mass is 311 g/mol. The van der Waals surface area contributed by atoms with E-state index in [0.29, 0.717) is 19.6 Å². The number of halogens is 1. The van der Waals surface area contributed by atoms with E-state index in [-0.39, 0.29) is 11.6 Å². The van der Waals surface area contributed by atoms with Gasteiger partial charge < -0.3 is 9.52 Å². The molecule has 0 spiro atoms. The van der Waals surface area contributed by atoms with Crippen LogP contribution >= 0.6 is 0 Å². The van der Waals surface area contributed by atoms with Crippen molar-refractivity contribution in [2.75, 3.05) is 0 Å². The van der Waals surface area contributed by atoms with Crippen LogP contribution in [0.4, 0.5) is 4.39 Å². The maximum absolute atomic E-state index is 13.1. The van der Waals surface area contributed by atoms with Gasteiger partial charge in [0.05, 0.1) is 12.8 Å². The number of furan rings is 1. The van der Waals surface area contributed by atoms with Crippen molar-refractivity contribution in [1.29, 1.82) is 0 Å². The fourth-order valence-corrected chi connectivity index (χ4v) is 2.52. The quantitative estimate of drug-likeness (QED) is 0.736. The molecular weight excluding hydrogens is 293 g/mol. The molecule has 0 unspecified atom stereocenters. The van der Waals surface area contributed by atoms with Gasteiger partial charge in [-0.15, -0.1) is 0 Å². The van der Waals surface area contributed by atoms with Gasteiger partial charge in [0.15, 0.2) is 0 Å². The van der Waals surface area contributed by atoms with Crippen LogP contribution in [-0.2, 0) is 19.6 Å². The molecule has 0 saturated heterocycles. The fourth-order valence-electron chi connectivity index (χ4n) is 2.52. The number of nitrogens with zero attached hydrogens (tertiary/aromatic N) is 1. The van der Waals surface area contributed by atoms with Crippen molar-refractivity contribution in [1.82, 2.24) is 4.90 Å². The smallest absolute Gasteiger partial charge is 0.123 e. The Balaban J connectivity index is 1.78. The summed E-state index contributed by atoms with van der Waals surface area (Å²) in [6.07, 6.45) is 1.64. The van der Waals surface area contributed by atoms with Crippen molar-refractivity contribution < 1.29 is 13.9 Å². The van der Waals surface area contributed by atoms with E-state index in [1.54, 1.807) is 30.5 Å². The van der Waals surface area contributed by atoms with Crippen molar-refractivity contribution in [3.8, 4) is 5.75 Å². The molecule has 0 atom stereocenters. The number of rotatable bonds is 6. The van der Waals surface area contributed by atoms with Crippen molar-refractivity contribution in [2.24, 2.45) is 0 Å². The van der Waals surface area contributed by atoms with Gasteiger partial charge >= 0.3 is 0 Å². The van der Waals surface area contributed by atoms with Gasteiger partial charge in [-0.3, -0.25) is 4.90 Å². The summed E-state index contributed by atoms with van der Waals surface area (Å²) in [4.78, 5) is 2.14. The minimum Gasteiger partial charge on any atom is -0.508 e. The Kier molecular flexibility index (Phi) is 4.74. The van der Waals surface area contributed by atoms with Crippen LogP contribution in [0.3, 0.4) is 0 Å². The molecule has 0 radical (unpaired) electrons. The highest BCUT2D eigenvalue weighted by atomic mass is 19.1. The van der Waals surface area contributed by atoms with E-state index in [0.717, 1.165) is 16.9 Å². The highest BCUT2D eigenvalue weighted by molar-refractivity contribution is 5.31. The topological polar surface area (TPSA) is 36.6 Å². The molecule has 0 aliphatic rings. The Morgan fingerprint density at radius 2 is 1.65 bits per heavy atom. The lowest BCUT2D eigenvalue weighted by atomic mass is 10.1. The van der Waals surface area contributed by atoms with Gasteiger partial charge in [0.2, 0.25) is 0 Å². The Morgan fingerprint density at radius 3 is 2.35 bits per heavy atom. The molecule has 0 bridgehead atoms. The SMILES string of the molecule is Oc1ccccc1CN(Cc1ccc(F)cc1)Cc1ccco1. The van der Waals surface area contributed by atoms with Crippen LogP contribution in [0.1, 0.15) is 16.9 Å². The standard InChI is InChI=1S/C19H18FNO2/c20-17-9-7-15(8-10-17)12-21(14-18-5-3-11-23-18)13-16-4-1-2-6-19(16)22/h1-11,22H,12-14H2. The number of hydrogen-bond acceptors (Lipinski definition) is 3. The van der Waals surface area contributed by atoms with Crippen LogP contribution in [-0.4, -0.2) is 10.0 Å². The van der Waals surface area contributed by atoms with Crippen LogP contribution < -0.4 is 0 Å². The van der Waals surface area contributed by atoms with Crippen molar-refractivity contribution >= 4 is 0 Å². The summed E-state index contributed by atoms with van der Waals surface area (Å²) in [6, 6.07) is 17.5. The zero-order valence-corrected chi connectivity index (χ0v) is 12.7. The van der Waals surface area contributed by atoms with Crippen molar-refractivity contribution in [2.45, 2.75) is 19.6 Å². The molecule has 23 heavy (non-hydrogen) atoms. The Labute approximate surface area is 134 Å². The molecule has 0 aliphatic heterocycles. The number of phenolic OH excluding ortho intramolecular Hbond substituents is 1. The number of hydrogen-bond donors (Lipinski definition) is 1. The Bertz CT molecular complexity index is 738. The fraction of sp³-hybridized carbons (Fsp3) is 0.158. The minimum absolute atomic E-state index is 0.243. The van der Waals surface area contributed by atoms with Crippen LogP contribution in [0.25, 0.3) is 0 Å². The van der Waals surface area contributed by atoms with E-state index in [9.17, 15) is 9.50 Å². The van der Waals surface area contributed by atoms with E-state index in [2.05, 4.69) is 4.90 Å². The van der Waals surface area contributed by atoms with Gasteiger partial charge in [-0.2, -0.15) is 0 Å². The first-order valence-corrected chi connectivity index (χ1v) is 7.47. The summed E-state index contributed by atoms with van der Waals surface area (Å²) in [7, 11) is 0. The zero-order chi connectivity index (χ0) is 16.1. The highest BCUT2D eigenvalue weighted by Gasteiger charge is 2.12. The average Bonchev–Trinajstić information content (AvgIpc) is 3.05. The molecule has 0 fully saturated rings. The second kappa shape index (κ2) is 7.11. The molecule has 0 saturated carbocycles. The first-order valence-electron chi connectivity index (χ1n) is 7.47. The largest absolute Gasteiger partial charge is 0.508 e. The lowest BCUT2D eigenvalue weighted by molar-refractivity contribution is 0.224. The van der Waals surface area contributed by atoms with E-state index in [4.69, 9.17) is 4.42 Å². The van der Waals surface area contributed by atoms with Gasteiger partial charge in [-0.05, 0) is 35.9 Å². The summed E-state index contributed by atoms with van der Waals surface area (Å²) in [6.45, 7) is 1.82. The number of phenols is 1. The van der Waals surface area contributed by atoms with Crippen LogP contribution in [0.5, 0.6) is 5.75 Å². The van der Waals surface area contributed by atoms with Crippen LogP contribution in [0.15, 0.2) is 71.3 Å². The molecule has 2 aromatic carbocycles. The summed E-state index contributed by atoms with van der Waals surface area (Å²) >= 11 is 0. The molecule has 1 N–H and O–H groups in total. The van der Waals surface area contributed by atoms with E-state index < -0.39 is 0 Å². The molecule has 1 heterocycles. The minimum atomic E-state index is -0.243. The Hall–Kier alpha value is -2.59. The second-order valence-corrected chi connectivity index (χ2v) is 5.48. The maximum atomic E-state index is 13.1. The third kappa shape index (κ3) is 4.20. The Morgan fingerprint density at radius 1 is 0.870 bits per heavy atom. The lowest BCUT2D eigenvalue weighted by Crippen LogP contribution is -2.22. The van der Waals surface area contributed by atoms with E-state index >= 15 is 0 Å². The van der Waals surface area contributed by atoms with Gasteiger partial charge in [-0.25, -0.2) is 4.39 Å². The first kappa shape index (κ1) is 15.3. The predicted octanol–water partition coefficient (Wildman–Crippen LogP) is 4.33. The number of aromatic hydroxyl groups is 1. The normalized spacial score (nSPS) is 11.0. The lowest BCUT2D eigenvalue weighted by Gasteiger charge is -2.22. The first-order chi connectivity index (χ1) is 11.2. The van der Waals surface area contributed by atoms with Crippen LogP contribution in [0, 0.1) is 5.82 Å². The van der Waals surface area contributed by atoms with E-state index in [1.807, 2.05) is 24.3 Å². The van der Waals surface area contributed by atoms with Gasteiger partial charge in [0.25, 0.3) is 0 Å². The molecule has 4 heteroatoms. The average molecular weight is 311 g/mol. The third-order valence-electron chi connectivity index (χ3n) is 3.66. The molecule has 3 aromatic rings. The number of para-hydroxylation sites is 1. The third-order valence-corrected chi connectivity index (χ3v) is 3.66. The van der Waals surface area contributed by atoms with Crippen molar-refractivity contribution in [3.05, 3.63) is 89.6 Å². The van der Waals surface area contributed by atoms with Gasteiger partial charge in [0.1, 0.15) is 17.3 Å². The molecule has 0 amide bonds. The maximum Gasteiger partial charge on any atom is 0.123 e. The predicted molar refractivity (Wildman–Crippen MR) is 86.2 cm³/mol. The van der Waals surface area contributed by atoms with Gasteiger partial charge in [0, 0.05) is 18.7 Å². The van der Waals surface area contributed by atoms with Gasteiger partial charge in [-0.1, -0.05) is 30.3 Å². The molecule has 118 valence electrons. The second-order valence-electron chi connectivity index (χ2n) is 5.48. The summed E-state index contributed by atoms with van der Waals surface area (Å²) < 4.78 is 18.5. The summed E-state index contributed by atoms with van der Waals surface area (Å²) in [5.74, 6) is 0.880. The molecule has 3 rings (SSSR count). The number of benzene rings is 2. The van der Waals surface area contributed by atoms with Crippen LogP contribution in [0.2, 0.25) is 0 Å². The molecule has 0 aliphatic carbocycles. The summed E-state index contributed by atoms with van der Waals surface area (Å²) in [5, 5.41) is 9.99.